The molecule has 0 saturated carbocycles. The third-order valence-electron chi connectivity index (χ3n) is 3.74. The fourth-order valence-corrected chi connectivity index (χ4v) is 3.75. The van der Waals surface area contributed by atoms with Crippen LogP contribution in [0, 0.1) is 0 Å². The van der Waals surface area contributed by atoms with Crippen LogP contribution in [0.15, 0.2) is 29.2 Å². The molecule has 2 heterocycles. The number of carbonyl (C=O) groups excluding carboxylic acids is 1. The Labute approximate surface area is 124 Å². The van der Waals surface area contributed by atoms with Crippen LogP contribution in [0.1, 0.15) is 6.92 Å². The van der Waals surface area contributed by atoms with Crippen molar-refractivity contribution in [3.63, 3.8) is 0 Å². The molecule has 1 amide bonds. The Hall–Kier alpha value is -1.20. The minimum absolute atomic E-state index is 0.150. The summed E-state index contributed by atoms with van der Waals surface area (Å²) in [5.74, 6) is 1.26. The third kappa shape index (κ3) is 2.94. The van der Waals surface area contributed by atoms with Gasteiger partial charge in [0.15, 0.2) is 0 Å². The molecule has 5 heteroatoms. The summed E-state index contributed by atoms with van der Waals surface area (Å²) in [5.41, 5.74) is 1.19. The molecule has 20 heavy (non-hydrogen) atoms. The van der Waals surface area contributed by atoms with Crippen molar-refractivity contribution >= 4 is 23.4 Å². The molecule has 2 aliphatic heterocycles. The molecule has 0 spiro atoms. The normalized spacial score (nSPS) is 22.6. The average molecular weight is 292 g/mol. The van der Waals surface area contributed by atoms with E-state index in [1.807, 2.05) is 29.7 Å². The molecule has 0 N–H and O–H groups in total. The number of amides is 1. The van der Waals surface area contributed by atoms with Crippen molar-refractivity contribution in [3.05, 3.63) is 24.3 Å². The van der Waals surface area contributed by atoms with Crippen LogP contribution < -0.4 is 4.90 Å². The lowest BCUT2D eigenvalue weighted by Gasteiger charge is -2.35. The summed E-state index contributed by atoms with van der Waals surface area (Å²) < 4.78 is 5.49. The van der Waals surface area contributed by atoms with Crippen molar-refractivity contribution in [3.8, 4) is 0 Å². The van der Waals surface area contributed by atoms with Gasteiger partial charge in [0.1, 0.15) is 0 Å². The molecule has 1 saturated heterocycles. The molecule has 0 aromatic heterocycles. The first-order chi connectivity index (χ1) is 9.74. The highest BCUT2D eigenvalue weighted by Gasteiger charge is 2.25. The highest BCUT2D eigenvalue weighted by Crippen LogP contribution is 2.34. The van der Waals surface area contributed by atoms with E-state index >= 15 is 0 Å². The molecule has 0 aliphatic carbocycles. The molecule has 4 nitrogen and oxygen atoms in total. The number of carbonyl (C=O) groups is 1. The molecular formula is C15H20N2O2S. The lowest BCUT2D eigenvalue weighted by Crippen LogP contribution is -2.49. The Bertz CT molecular complexity index is 495. The van der Waals surface area contributed by atoms with Crippen molar-refractivity contribution < 1.29 is 9.53 Å². The number of thioether (sulfide) groups is 1. The van der Waals surface area contributed by atoms with Gasteiger partial charge in [-0.05, 0) is 19.1 Å². The number of morpholine rings is 1. The van der Waals surface area contributed by atoms with Gasteiger partial charge in [0, 0.05) is 30.3 Å². The van der Waals surface area contributed by atoms with Gasteiger partial charge in [0.25, 0.3) is 0 Å². The number of nitrogens with zero attached hydrogens (tertiary/aromatic N) is 2. The van der Waals surface area contributed by atoms with E-state index in [9.17, 15) is 4.79 Å². The van der Waals surface area contributed by atoms with Gasteiger partial charge in [-0.25, -0.2) is 0 Å². The van der Waals surface area contributed by atoms with Gasteiger partial charge in [0.05, 0.1) is 24.9 Å². The quantitative estimate of drug-likeness (QED) is 0.833. The molecule has 0 unspecified atom stereocenters. The smallest absolute Gasteiger partial charge is 0.242 e. The van der Waals surface area contributed by atoms with E-state index in [2.05, 4.69) is 23.1 Å². The summed E-state index contributed by atoms with van der Waals surface area (Å²) >= 11 is 1.87. The Morgan fingerprint density at radius 2 is 2.25 bits per heavy atom. The Balaban J connectivity index is 1.68. The average Bonchev–Trinajstić information content (AvgIpc) is 2.47. The second-order valence-corrected chi connectivity index (χ2v) is 6.40. The number of hydrogen-bond acceptors (Lipinski definition) is 4. The van der Waals surface area contributed by atoms with Crippen molar-refractivity contribution in [1.29, 1.82) is 0 Å². The lowest BCUT2D eigenvalue weighted by molar-refractivity contribution is -0.136. The van der Waals surface area contributed by atoms with Gasteiger partial charge in [-0.15, -0.1) is 11.8 Å². The maximum Gasteiger partial charge on any atom is 0.242 e. The summed E-state index contributed by atoms with van der Waals surface area (Å²) in [4.78, 5) is 17.9. The first kappa shape index (κ1) is 13.8. The van der Waals surface area contributed by atoms with E-state index in [1.54, 1.807) is 0 Å². The maximum atomic E-state index is 12.4. The van der Waals surface area contributed by atoms with E-state index < -0.39 is 0 Å². The number of para-hydroxylation sites is 1. The van der Waals surface area contributed by atoms with Crippen molar-refractivity contribution in [2.45, 2.75) is 17.9 Å². The molecule has 1 atom stereocenters. The molecule has 0 radical (unpaired) electrons. The second-order valence-electron chi connectivity index (χ2n) is 5.26. The molecule has 0 bridgehead atoms. The number of benzene rings is 1. The third-order valence-corrected chi connectivity index (χ3v) is 4.79. The molecule has 108 valence electrons. The Morgan fingerprint density at radius 1 is 1.40 bits per heavy atom. The zero-order chi connectivity index (χ0) is 13.9. The maximum absolute atomic E-state index is 12.4. The van der Waals surface area contributed by atoms with Gasteiger partial charge in [-0.2, -0.15) is 0 Å². The number of ether oxygens (including phenoxy) is 1. The summed E-state index contributed by atoms with van der Waals surface area (Å²) in [7, 11) is 0. The molecule has 2 aliphatic rings. The van der Waals surface area contributed by atoms with Crippen LogP contribution in [0.25, 0.3) is 0 Å². The molecule has 1 aromatic rings. The molecule has 3 rings (SSSR count). The van der Waals surface area contributed by atoms with Crippen LogP contribution in [-0.4, -0.2) is 55.4 Å². The Kier molecular flexibility index (Phi) is 4.17. The lowest BCUT2D eigenvalue weighted by atomic mass is 10.2. The van der Waals surface area contributed by atoms with Crippen LogP contribution in [0.2, 0.25) is 0 Å². The van der Waals surface area contributed by atoms with Crippen molar-refractivity contribution in [2.24, 2.45) is 0 Å². The van der Waals surface area contributed by atoms with Gasteiger partial charge >= 0.3 is 0 Å². The fraction of sp³-hybridized carbons (Fsp3) is 0.533. The standard InChI is InChI=1S/C15H20N2O2S/c1-12-10-17(6-8-19-12)15(18)11-16-7-9-20-14-5-3-2-4-13(14)16/h2-5,12H,6-11H2,1H3/t12-/m0/s1. The van der Waals surface area contributed by atoms with E-state index in [0.29, 0.717) is 26.2 Å². The van der Waals surface area contributed by atoms with E-state index in [-0.39, 0.29) is 12.0 Å². The predicted molar refractivity (Wildman–Crippen MR) is 81.4 cm³/mol. The first-order valence-electron chi connectivity index (χ1n) is 7.10. The van der Waals surface area contributed by atoms with Crippen LogP contribution in [0.4, 0.5) is 5.69 Å². The number of anilines is 1. The zero-order valence-corrected chi connectivity index (χ0v) is 12.6. The Morgan fingerprint density at radius 3 is 3.10 bits per heavy atom. The summed E-state index contributed by atoms with van der Waals surface area (Å²) in [6.07, 6.45) is 0.150. The largest absolute Gasteiger partial charge is 0.375 e. The van der Waals surface area contributed by atoms with Crippen LogP contribution >= 0.6 is 11.8 Å². The summed E-state index contributed by atoms with van der Waals surface area (Å²) in [5, 5.41) is 0. The predicted octanol–water partition coefficient (Wildman–Crippen LogP) is 1.85. The monoisotopic (exact) mass is 292 g/mol. The van der Waals surface area contributed by atoms with Crippen LogP contribution in [-0.2, 0) is 9.53 Å². The van der Waals surface area contributed by atoms with Gasteiger partial charge < -0.3 is 14.5 Å². The van der Waals surface area contributed by atoms with Crippen molar-refractivity contribution in [2.75, 3.05) is 43.4 Å². The molecule has 1 aromatic carbocycles. The molecular weight excluding hydrogens is 272 g/mol. The number of fused-ring (bicyclic) bond motifs is 1. The molecule has 1 fully saturated rings. The number of hydrogen-bond donors (Lipinski definition) is 0. The fourth-order valence-electron chi connectivity index (χ4n) is 2.70. The minimum Gasteiger partial charge on any atom is -0.375 e. The summed E-state index contributed by atoms with van der Waals surface area (Å²) in [6.45, 7) is 5.51. The van der Waals surface area contributed by atoms with Gasteiger partial charge in [-0.1, -0.05) is 12.1 Å². The number of rotatable bonds is 2. The SMILES string of the molecule is C[C@H]1CN(C(=O)CN2CCSc3ccccc32)CCO1. The van der Waals surface area contributed by atoms with Crippen LogP contribution in [0.5, 0.6) is 0 Å². The van der Waals surface area contributed by atoms with E-state index in [1.165, 1.54) is 10.6 Å². The summed E-state index contributed by atoms with van der Waals surface area (Å²) in [6, 6.07) is 8.34. The van der Waals surface area contributed by atoms with Crippen molar-refractivity contribution in [1.82, 2.24) is 4.90 Å². The minimum atomic E-state index is 0.150. The highest BCUT2D eigenvalue weighted by atomic mass is 32.2. The van der Waals surface area contributed by atoms with Crippen LogP contribution in [0.3, 0.4) is 0 Å². The van der Waals surface area contributed by atoms with Gasteiger partial charge in [0.2, 0.25) is 5.91 Å². The van der Waals surface area contributed by atoms with E-state index in [4.69, 9.17) is 4.74 Å². The second kappa shape index (κ2) is 6.06. The van der Waals surface area contributed by atoms with Gasteiger partial charge in [-0.3, -0.25) is 4.79 Å². The first-order valence-corrected chi connectivity index (χ1v) is 8.09. The highest BCUT2D eigenvalue weighted by molar-refractivity contribution is 7.99. The topological polar surface area (TPSA) is 32.8 Å². The zero-order valence-electron chi connectivity index (χ0n) is 11.7. The van der Waals surface area contributed by atoms with E-state index in [0.717, 1.165) is 12.3 Å².